The molecular formula is C13H19N3OS. The third-order valence-corrected chi connectivity index (χ3v) is 3.66. The van der Waals surface area contributed by atoms with Gasteiger partial charge < -0.3 is 10.4 Å². The van der Waals surface area contributed by atoms with Crippen molar-refractivity contribution in [1.29, 1.82) is 0 Å². The average molecular weight is 265 g/mol. The maximum atomic E-state index is 8.82. The molecule has 5 heteroatoms. The van der Waals surface area contributed by atoms with Crippen molar-refractivity contribution in [3.63, 3.8) is 0 Å². The number of nitrogens with zero attached hydrogens (tertiary/aromatic N) is 2. The first-order chi connectivity index (χ1) is 8.78. The predicted molar refractivity (Wildman–Crippen MR) is 73.6 cm³/mol. The third kappa shape index (κ3) is 3.94. The first-order valence-corrected chi connectivity index (χ1v) is 7.04. The number of nitrogens with one attached hydrogen (secondary N) is 1. The normalized spacial score (nSPS) is 12.8. The molecule has 1 unspecified atom stereocenters. The molecule has 1 atom stereocenters. The molecule has 0 aromatic carbocycles. The summed E-state index contributed by atoms with van der Waals surface area (Å²) in [6, 6.07) is 4.71. The van der Waals surface area contributed by atoms with Gasteiger partial charge in [0.25, 0.3) is 0 Å². The van der Waals surface area contributed by atoms with Gasteiger partial charge in [-0.25, -0.2) is 0 Å². The quantitative estimate of drug-likeness (QED) is 0.800. The van der Waals surface area contributed by atoms with Gasteiger partial charge in [0.2, 0.25) is 0 Å². The molecule has 0 saturated heterocycles. The number of hydrogen-bond donors (Lipinski definition) is 2. The molecule has 2 rings (SSSR count). The minimum Gasteiger partial charge on any atom is -0.394 e. The lowest BCUT2D eigenvalue weighted by Crippen LogP contribution is -2.27. The van der Waals surface area contributed by atoms with Crippen molar-refractivity contribution in [3.05, 3.63) is 40.3 Å². The third-order valence-electron chi connectivity index (χ3n) is 2.76. The van der Waals surface area contributed by atoms with Crippen LogP contribution < -0.4 is 5.32 Å². The molecule has 0 aliphatic rings. The molecule has 0 fully saturated rings. The molecule has 2 N–H and O–H groups in total. The number of aliphatic hydroxyl groups excluding tert-OH is 1. The number of aliphatic hydroxyl groups is 1. The van der Waals surface area contributed by atoms with Crippen molar-refractivity contribution in [2.24, 2.45) is 0 Å². The standard InChI is InChI=1S/C13H19N3OS/c1-11(7-13-3-2-6-18-13)14-8-12-9-15-16(10-12)4-5-17/h2-3,6,9-11,14,17H,4-5,7-8H2,1H3. The van der Waals surface area contributed by atoms with Crippen molar-refractivity contribution >= 4 is 11.3 Å². The van der Waals surface area contributed by atoms with E-state index < -0.39 is 0 Å². The van der Waals surface area contributed by atoms with E-state index in [1.54, 1.807) is 16.0 Å². The van der Waals surface area contributed by atoms with Gasteiger partial charge in [-0.05, 0) is 24.8 Å². The fourth-order valence-corrected chi connectivity index (χ4v) is 2.65. The van der Waals surface area contributed by atoms with Gasteiger partial charge in [0.1, 0.15) is 0 Å². The Morgan fingerprint density at radius 3 is 3.17 bits per heavy atom. The van der Waals surface area contributed by atoms with Crippen LogP contribution in [-0.4, -0.2) is 27.5 Å². The Hall–Kier alpha value is -1.17. The van der Waals surface area contributed by atoms with E-state index in [0.29, 0.717) is 12.6 Å². The largest absolute Gasteiger partial charge is 0.394 e. The highest BCUT2D eigenvalue weighted by Gasteiger charge is 2.05. The van der Waals surface area contributed by atoms with Crippen LogP contribution in [0.1, 0.15) is 17.4 Å². The van der Waals surface area contributed by atoms with Crippen LogP contribution in [0, 0.1) is 0 Å². The van der Waals surface area contributed by atoms with Crippen LogP contribution in [-0.2, 0) is 19.5 Å². The lowest BCUT2D eigenvalue weighted by molar-refractivity contribution is 0.269. The van der Waals surface area contributed by atoms with Crippen molar-refractivity contribution in [2.45, 2.75) is 32.5 Å². The van der Waals surface area contributed by atoms with E-state index in [-0.39, 0.29) is 6.61 Å². The van der Waals surface area contributed by atoms with Gasteiger partial charge in [-0.15, -0.1) is 11.3 Å². The molecule has 0 radical (unpaired) electrons. The van der Waals surface area contributed by atoms with Gasteiger partial charge >= 0.3 is 0 Å². The summed E-state index contributed by atoms with van der Waals surface area (Å²) in [4.78, 5) is 1.41. The van der Waals surface area contributed by atoms with Crippen molar-refractivity contribution in [3.8, 4) is 0 Å². The minimum atomic E-state index is 0.128. The van der Waals surface area contributed by atoms with Gasteiger partial charge in [0.15, 0.2) is 0 Å². The van der Waals surface area contributed by atoms with E-state index in [2.05, 4.69) is 34.9 Å². The second-order valence-electron chi connectivity index (χ2n) is 4.40. The number of aromatic nitrogens is 2. The fraction of sp³-hybridized carbons (Fsp3) is 0.462. The molecule has 2 aromatic heterocycles. The highest BCUT2D eigenvalue weighted by molar-refractivity contribution is 7.09. The maximum Gasteiger partial charge on any atom is 0.0640 e. The van der Waals surface area contributed by atoms with Gasteiger partial charge in [-0.2, -0.15) is 5.10 Å². The van der Waals surface area contributed by atoms with Crippen molar-refractivity contribution in [2.75, 3.05) is 6.61 Å². The summed E-state index contributed by atoms with van der Waals surface area (Å²) in [7, 11) is 0. The Morgan fingerprint density at radius 2 is 2.44 bits per heavy atom. The Bertz CT molecular complexity index is 453. The molecule has 0 aliphatic carbocycles. The highest BCUT2D eigenvalue weighted by atomic mass is 32.1. The van der Waals surface area contributed by atoms with Gasteiger partial charge in [-0.1, -0.05) is 6.07 Å². The Morgan fingerprint density at radius 1 is 1.56 bits per heavy atom. The smallest absolute Gasteiger partial charge is 0.0640 e. The molecule has 0 bridgehead atoms. The zero-order chi connectivity index (χ0) is 12.8. The lowest BCUT2D eigenvalue weighted by atomic mass is 10.2. The molecule has 0 spiro atoms. The van der Waals surface area contributed by atoms with Gasteiger partial charge in [0.05, 0.1) is 19.3 Å². The second-order valence-corrected chi connectivity index (χ2v) is 5.43. The average Bonchev–Trinajstić information content (AvgIpc) is 2.99. The first-order valence-electron chi connectivity index (χ1n) is 6.16. The molecule has 2 aromatic rings. The predicted octanol–water partition coefficient (Wildman–Crippen LogP) is 1.66. The van der Waals surface area contributed by atoms with Crippen LogP contribution in [0.25, 0.3) is 0 Å². The second kappa shape index (κ2) is 6.68. The number of hydrogen-bond acceptors (Lipinski definition) is 4. The van der Waals surface area contributed by atoms with E-state index in [0.717, 1.165) is 18.5 Å². The van der Waals surface area contributed by atoms with Gasteiger partial charge in [0, 0.05) is 29.2 Å². The summed E-state index contributed by atoms with van der Waals surface area (Å²) in [5.41, 5.74) is 1.15. The molecule has 0 aliphatic heterocycles. The van der Waals surface area contributed by atoms with Crippen LogP contribution >= 0.6 is 11.3 Å². The zero-order valence-corrected chi connectivity index (χ0v) is 11.4. The molecule has 0 saturated carbocycles. The van der Waals surface area contributed by atoms with Crippen molar-refractivity contribution in [1.82, 2.24) is 15.1 Å². The zero-order valence-electron chi connectivity index (χ0n) is 10.5. The van der Waals surface area contributed by atoms with Crippen LogP contribution in [0.15, 0.2) is 29.9 Å². The highest BCUT2D eigenvalue weighted by Crippen LogP contribution is 2.11. The molecule has 2 heterocycles. The summed E-state index contributed by atoms with van der Waals surface area (Å²) in [6.45, 7) is 3.70. The van der Waals surface area contributed by atoms with Crippen LogP contribution in [0.3, 0.4) is 0 Å². The summed E-state index contributed by atoms with van der Waals surface area (Å²) < 4.78 is 1.76. The minimum absolute atomic E-state index is 0.128. The Labute approximate surface area is 111 Å². The summed E-state index contributed by atoms with van der Waals surface area (Å²) in [5, 5.41) is 18.6. The van der Waals surface area contributed by atoms with Crippen LogP contribution in [0.4, 0.5) is 0 Å². The first kappa shape index (κ1) is 13.3. The molecular weight excluding hydrogens is 246 g/mol. The fourth-order valence-electron chi connectivity index (χ4n) is 1.82. The Balaban J connectivity index is 1.76. The molecule has 4 nitrogen and oxygen atoms in total. The van der Waals surface area contributed by atoms with Crippen molar-refractivity contribution < 1.29 is 5.11 Å². The van der Waals surface area contributed by atoms with E-state index in [4.69, 9.17) is 5.11 Å². The molecule has 0 amide bonds. The Kier molecular flexibility index (Phi) is 4.92. The summed E-state index contributed by atoms with van der Waals surface area (Å²) >= 11 is 1.80. The van der Waals surface area contributed by atoms with Crippen LogP contribution in [0.5, 0.6) is 0 Å². The van der Waals surface area contributed by atoms with Crippen LogP contribution in [0.2, 0.25) is 0 Å². The maximum absolute atomic E-state index is 8.82. The number of thiophene rings is 1. The number of rotatable bonds is 7. The van der Waals surface area contributed by atoms with E-state index in [9.17, 15) is 0 Å². The molecule has 18 heavy (non-hydrogen) atoms. The summed E-state index contributed by atoms with van der Waals surface area (Å²) in [5.74, 6) is 0. The van der Waals surface area contributed by atoms with E-state index >= 15 is 0 Å². The summed E-state index contributed by atoms with van der Waals surface area (Å²) in [6.07, 6.45) is 4.88. The van der Waals surface area contributed by atoms with Gasteiger partial charge in [-0.3, -0.25) is 4.68 Å². The lowest BCUT2D eigenvalue weighted by Gasteiger charge is -2.11. The topological polar surface area (TPSA) is 50.1 Å². The van der Waals surface area contributed by atoms with E-state index in [1.807, 2.05) is 12.4 Å². The van der Waals surface area contributed by atoms with E-state index in [1.165, 1.54) is 4.88 Å². The monoisotopic (exact) mass is 265 g/mol. The molecule has 98 valence electrons. The SMILES string of the molecule is CC(Cc1cccs1)NCc1cnn(CCO)c1.